The Balaban J connectivity index is 1.96. The third-order valence-electron chi connectivity index (χ3n) is 6.46. The number of aliphatic hydroxyl groups is 1. The molecular weight excluding hydrogens is 563 g/mol. The van der Waals surface area contributed by atoms with Crippen molar-refractivity contribution in [2.24, 2.45) is 0 Å². The van der Waals surface area contributed by atoms with Crippen LogP contribution < -0.4 is 15.9 Å². The number of benzene rings is 4. The summed E-state index contributed by atoms with van der Waals surface area (Å²) in [6.45, 7) is -3.23. The van der Waals surface area contributed by atoms with Crippen LogP contribution in [0.15, 0.2) is 126 Å². The van der Waals surface area contributed by atoms with Crippen LogP contribution in [0.2, 0.25) is 0 Å². The summed E-state index contributed by atoms with van der Waals surface area (Å²) in [4.78, 5) is 27.8. The number of halogens is 1. The Morgan fingerprint density at radius 2 is 1.16 bits per heavy atom. The van der Waals surface area contributed by atoms with Crippen molar-refractivity contribution in [2.45, 2.75) is 5.79 Å². The highest BCUT2D eigenvalue weighted by atomic mass is 79.9. The van der Waals surface area contributed by atoms with E-state index in [1.807, 2.05) is 97.1 Å². The summed E-state index contributed by atoms with van der Waals surface area (Å²) in [5.74, 6) is -4.09. The van der Waals surface area contributed by atoms with Gasteiger partial charge < -0.3 is 14.6 Å². The lowest BCUT2D eigenvalue weighted by Gasteiger charge is -2.36. The van der Waals surface area contributed by atoms with Gasteiger partial charge in [0.05, 0.1) is 7.11 Å². The monoisotopic (exact) mass is 586 g/mol. The fourth-order valence-electron chi connectivity index (χ4n) is 4.81. The van der Waals surface area contributed by atoms with E-state index in [4.69, 9.17) is 9.47 Å². The largest absolute Gasteiger partial charge is 0.465 e. The summed E-state index contributed by atoms with van der Waals surface area (Å²) in [5, 5.41) is 14.4. The van der Waals surface area contributed by atoms with Crippen molar-refractivity contribution in [3.8, 4) is 0 Å². The average Bonchev–Trinajstić information content (AvgIpc) is 3.21. The molecule has 0 saturated carbocycles. The molecule has 1 unspecified atom stereocenters. The Bertz CT molecular complexity index is 1460. The standard InChI is InChI=1S/C31H24BrO5P/c1-36-30(34)29(31(35)28(33)26(32)27(37-31)22-14-6-2-7-15-22)38(23-16-8-3-9-17-23,24-18-10-4-11-19-24)25-20-12-5-13-21-25/h2-21,35H,1H3. The maximum Gasteiger partial charge on any atom is 0.342 e. The predicted molar refractivity (Wildman–Crippen MR) is 156 cm³/mol. The number of esters is 1. The first-order valence-corrected chi connectivity index (χ1v) is 14.5. The van der Waals surface area contributed by atoms with E-state index in [1.165, 1.54) is 7.11 Å². The molecule has 0 saturated heterocycles. The highest BCUT2D eigenvalue weighted by molar-refractivity contribution is 9.12. The maximum absolute atomic E-state index is 13.9. The number of methoxy groups -OCH3 is 1. The van der Waals surface area contributed by atoms with Gasteiger partial charge in [0.15, 0.2) is 0 Å². The van der Waals surface area contributed by atoms with E-state index in [-0.39, 0.29) is 15.5 Å². The van der Waals surface area contributed by atoms with Crippen LogP contribution in [0, 0.1) is 0 Å². The SMILES string of the molecule is COC(=O)C(C1(O)OC(c2ccccc2)=C(Br)C1=O)=P(c1ccccc1)(c1ccccc1)c1ccccc1. The van der Waals surface area contributed by atoms with Gasteiger partial charge in [-0.1, -0.05) is 121 Å². The van der Waals surface area contributed by atoms with Gasteiger partial charge in [-0.2, -0.15) is 0 Å². The third-order valence-corrected chi connectivity index (χ3v) is 11.6. The summed E-state index contributed by atoms with van der Waals surface area (Å²) in [6.07, 6.45) is 0. The summed E-state index contributed by atoms with van der Waals surface area (Å²) in [7, 11) is 1.24. The van der Waals surface area contributed by atoms with Crippen molar-refractivity contribution < 1.29 is 24.2 Å². The van der Waals surface area contributed by atoms with Crippen molar-refractivity contribution in [1.82, 2.24) is 0 Å². The molecule has 38 heavy (non-hydrogen) atoms. The molecule has 1 heterocycles. The second-order valence-electron chi connectivity index (χ2n) is 8.60. The van der Waals surface area contributed by atoms with Crippen LogP contribution in [0.5, 0.6) is 0 Å². The van der Waals surface area contributed by atoms with Gasteiger partial charge in [0.25, 0.3) is 0 Å². The molecule has 4 aromatic carbocycles. The van der Waals surface area contributed by atoms with Crippen LogP contribution in [0.4, 0.5) is 0 Å². The third kappa shape index (κ3) is 4.15. The molecule has 0 amide bonds. The Morgan fingerprint density at radius 1 is 0.763 bits per heavy atom. The first kappa shape index (κ1) is 25.9. The lowest BCUT2D eigenvalue weighted by atomic mass is 10.1. The van der Waals surface area contributed by atoms with Crippen molar-refractivity contribution in [3.63, 3.8) is 0 Å². The number of hydrogen-bond donors (Lipinski definition) is 1. The Hall–Kier alpha value is -3.70. The number of ether oxygens (including phenoxy) is 2. The quantitative estimate of drug-likeness (QED) is 0.268. The van der Waals surface area contributed by atoms with Crippen molar-refractivity contribution in [3.05, 3.63) is 131 Å². The molecule has 1 aliphatic rings. The number of Topliss-reactive ketones (excluding diaryl/α,β-unsaturated/α-hetero) is 1. The first-order chi connectivity index (χ1) is 18.4. The minimum absolute atomic E-state index is 0.0416. The topological polar surface area (TPSA) is 72.8 Å². The molecule has 4 aromatic rings. The van der Waals surface area contributed by atoms with Gasteiger partial charge in [-0.3, -0.25) is 4.79 Å². The van der Waals surface area contributed by atoms with Crippen molar-refractivity contribution >= 4 is 61.5 Å². The molecule has 0 radical (unpaired) electrons. The van der Waals surface area contributed by atoms with E-state index < -0.39 is 24.4 Å². The van der Waals surface area contributed by atoms with Gasteiger partial charge >= 0.3 is 11.8 Å². The fraction of sp³-hybridized carbons (Fsp3) is 0.0645. The van der Waals surface area contributed by atoms with Gasteiger partial charge in [0.1, 0.15) is 15.5 Å². The lowest BCUT2D eigenvalue weighted by Crippen LogP contribution is -2.53. The van der Waals surface area contributed by atoms with Gasteiger partial charge in [-0.15, -0.1) is 0 Å². The minimum Gasteiger partial charge on any atom is -0.465 e. The van der Waals surface area contributed by atoms with Crippen LogP contribution in [0.25, 0.3) is 5.76 Å². The van der Waals surface area contributed by atoms with Crippen LogP contribution in [-0.4, -0.2) is 35.0 Å². The molecule has 0 spiro atoms. The molecule has 5 rings (SSSR count). The Kier molecular flexibility index (Phi) is 7.22. The molecular formula is C31H24BrO5P. The maximum atomic E-state index is 13.9. The van der Waals surface area contributed by atoms with E-state index >= 15 is 0 Å². The van der Waals surface area contributed by atoms with E-state index in [9.17, 15) is 14.7 Å². The predicted octanol–water partition coefficient (Wildman–Crippen LogP) is 4.38. The van der Waals surface area contributed by atoms with E-state index in [2.05, 4.69) is 15.9 Å². The minimum atomic E-state index is -3.23. The molecule has 0 fully saturated rings. The van der Waals surface area contributed by atoms with E-state index in [1.54, 1.807) is 24.3 Å². The molecule has 1 N–H and O–H groups in total. The van der Waals surface area contributed by atoms with Crippen LogP contribution in [0.3, 0.4) is 0 Å². The zero-order chi connectivity index (χ0) is 26.8. The normalized spacial score (nSPS) is 17.2. The van der Waals surface area contributed by atoms with E-state index in [0.29, 0.717) is 5.56 Å². The fourth-order valence-corrected chi connectivity index (χ4v) is 9.88. The second-order valence-corrected chi connectivity index (χ2v) is 12.7. The number of ketones is 1. The molecule has 0 aliphatic carbocycles. The number of carbonyl (C=O) groups is 2. The summed E-state index contributed by atoms with van der Waals surface area (Å²) in [5.41, 5.74) is 0.580. The highest BCUT2D eigenvalue weighted by Crippen LogP contribution is 2.51. The Morgan fingerprint density at radius 3 is 1.55 bits per heavy atom. The zero-order valence-electron chi connectivity index (χ0n) is 20.5. The van der Waals surface area contributed by atoms with Gasteiger partial charge in [0.2, 0.25) is 5.78 Å². The van der Waals surface area contributed by atoms with Gasteiger partial charge in [0, 0.05) is 5.56 Å². The van der Waals surface area contributed by atoms with E-state index in [0.717, 1.165) is 15.9 Å². The van der Waals surface area contributed by atoms with Crippen LogP contribution in [-0.2, 0) is 19.1 Å². The smallest absolute Gasteiger partial charge is 0.342 e. The van der Waals surface area contributed by atoms with Crippen molar-refractivity contribution in [1.29, 1.82) is 0 Å². The molecule has 0 bridgehead atoms. The molecule has 5 nitrogen and oxygen atoms in total. The Labute approximate surface area is 229 Å². The summed E-state index contributed by atoms with van der Waals surface area (Å²) >= 11 is 3.35. The number of hydrogen-bond acceptors (Lipinski definition) is 5. The molecule has 1 atom stereocenters. The lowest BCUT2D eigenvalue weighted by molar-refractivity contribution is -0.152. The average molecular weight is 587 g/mol. The molecule has 7 heteroatoms. The highest BCUT2D eigenvalue weighted by Gasteiger charge is 2.57. The number of rotatable bonds is 6. The summed E-state index contributed by atoms with van der Waals surface area (Å²) in [6, 6.07) is 37.2. The van der Waals surface area contributed by atoms with Crippen LogP contribution >= 0.6 is 22.8 Å². The summed E-state index contributed by atoms with van der Waals surface area (Å²) < 4.78 is 11.5. The second kappa shape index (κ2) is 10.6. The van der Waals surface area contributed by atoms with Gasteiger partial charge in [-0.25, -0.2) is 4.79 Å². The van der Waals surface area contributed by atoms with Crippen molar-refractivity contribution in [2.75, 3.05) is 7.11 Å². The van der Waals surface area contributed by atoms with Crippen LogP contribution in [0.1, 0.15) is 5.56 Å². The molecule has 0 aromatic heterocycles. The molecule has 190 valence electrons. The number of carbonyl (C=O) groups excluding carboxylic acids is 2. The first-order valence-electron chi connectivity index (χ1n) is 11.9. The zero-order valence-corrected chi connectivity index (χ0v) is 22.9. The molecule has 1 aliphatic heterocycles. The van der Waals surface area contributed by atoms with Gasteiger partial charge in [-0.05, 0) is 38.7 Å².